The van der Waals surface area contributed by atoms with Crippen LogP contribution in [0.3, 0.4) is 0 Å². The summed E-state index contributed by atoms with van der Waals surface area (Å²) < 4.78 is 0. The van der Waals surface area contributed by atoms with Gasteiger partial charge < -0.3 is 5.11 Å². The third kappa shape index (κ3) is 6.80. The number of fused-ring (bicyclic) bond motifs is 6. The van der Waals surface area contributed by atoms with E-state index in [1.54, 1.807) is 0 Å². The van der Waals surface area contributed by atoms with Gasteiger partial charge in [-0.25, -0.2) is 0 Å². The second-order valence-electron chi connectivity index (χ2n) is 12.6. The Bertz CT molecular complexity index is 2020. The van der Waals surface area contributed by atoms with E-state index in [0.717, 1.165) is 47.8 Å². The summed E-state index contributed by atoms with van der Waals surface area (Å²) in [5.41, 5.74) is 2.44. The SMILES string of the molecule is CCC(C)(CC)C(=O)/C=C(\O)C(C)(CC)CC.[Ir].[c-]1c(-c2ccc3c(ccc4ccccc43)n2)c2ccccc2c2ccccc12. The summed E-state index contributed by atoms with van der Waals surface area (Å²) in [5.74, 6) is 0.286. The molecule has 0 aliphatic rings. The van der Waals surface area contributed by atoms with Crippen molar-refractivity contribution in [2.45, 2.75) is 67.2 Å². The van der Waals surface area contributed by atoms with Crippen molar-refractivity contribution in [3.8, 4) is 11.3 Å². The van der Waals surface area contributed by atoms with Crippen LogP contribution in [0.1, 0.15) is 67.2 Å². The van der Waals surface area contributed by atoms with Gasteiger partial charge in [0.05, 0.1) is 5.52 Å². The van der Waals surface area contributed by atoms with E-state index in [0.29, 0.717) is 0 Å². The van der Waals surface area contributed by atoms with Crippen molar-refractivity contribution in [1.29, 1.82) is 0 Å². The van der Waals surface area contributed by atoms with Crippen LogP contribution in [0.5, 0.6) is 0 Å². The standard InChI is InChI=1S/C27H16N.C15H28O2.Ir/c1-3-9-20-18(7-1)13-15-26-24(20)14-16-27(28-26)25-17-19-8-2-4-10-21(19)22-11-5-6-12-23(22)25;1-7-14(5,8-2)12(16)11-13(17)15(6,9-3)10-4;/h1-16H;11,16H,7-10H2,1-6H3;/q-1;;/b;12-11-;. The summed E-state index contributed by atoms with van der Waals surface area (Å²) in [6, 6.07) is 37.7. The number of aliphatic hydroxyl groups excluding tert-OH is 1. The molecule has 239 valence electrons. The van der Waals surface area contributed by atoms with Crippen molar-refractivity contribution in [3.63, 3.8) is 0 Å². The van der Waals surface area contributed by atoms with Crippen LogP contribution in [0.2, 0.25) is 0 Å². The molecule has 4 heteroatoms. The smallest absolute Gasteiger partial charge is 0.164 e. The van der Waals surface area contributed by atoms with Gasteiger partial charge in [0.15, 0.2) is 5.78 Å². The van der Waals surface area contributed by atoms with E-state index in [2.05, 4.69) is 103 Å². The molecule has 1 aromatic heterocycles. The van der Waals surface area contributed by atoms with Crippen LogP contribution in [0, 0.1) is 16.9 Å². The first kappa shape index (κ1) is 35.0. The van der Waals surface area contributed by atoms with Crippen LogP contribution >= 0.6 is 0 Å². The Morgan fingerprint density at radius 1 is 0.674 bits per heavy atom. The number of benzene rings is 5. The van der Waals surface area contributed by atoms with Crippen molar-refractivity contribution >= 4 is 49.0 Å². The van der Waals surface area contributed by atoms with Gasteiger partial charge in [-0.2, -0.15) is 0 Å². The maximum atomic E-state index is 12.2. The second kappa shape index (κ2) is 14.7. The molecule has 0 spiro atoms. The van der Waals surface area contributed by atoms with Crippen molar-refractivity contribution < 1.29 is 30.0 Å². The monoisotopic (exact) mass is 787 g/mol. The fourth-order valence-corrected chi connectivity index (χ4v) is 5.88. The molecule has 1 N–H and O–H groups in total. The van der Waals surface area contributed by atoms with E-state index in [1.165, 1.54) is 38.4 Å². The third-order valence-corrected chi connectivity index (χ3v) is 10.1. The predicted octanol–water partition coefficient (Wildman–Crippen LogP) is 11.8. The maximum absolute atomic E-state index is 12.2. The first-order chi connectivity index (χ1) is 21.7. The number of carbonyl (C=O) groups excluding carboxylic acids is 1. The van der Waals surface area contributed by atoms with Crippen molar-refractivity contribution in [2.24, 2.45) is 10.8 Å². The van der Waals surface area contributed by atoms with Crippen LogP contribution in [0.15, 0.2) is 109 Å². The topological polar surface area (TPSA) is 50.2 Å². The molecule has 6 aromatic rings. The van der Waals surface area contributed by atoms with Gasteiger partial charge in [0.1, 0.15) is 5.76 Å². The first-order valence-electron chi connectivity index (χ1n) is 16.2. The Kier molecular flexibility index (Phi) is 11.2. The molecule has 0 aliphatic heterocycles. The summed E-state index contributed by atoms with van der Waals surface area (Å²) in [5, 5.41) is 18.6. The van der Waals surface area contributed by atoms with Gasteiger partial charge in [0.25, 0.3) is 0 Å². The van der Waals surface area contributed by atoms with Crippen LogP contribution in [-0.4, -0.2) is 15.9 Å². The van der Waals surface area contributed by atoms with Gasteiger partial charge in [0.2, 0.25) is 0 Å². The molecule has 3 nitrogen and oxygen atoms in total. The number of hydrogen-bond acceptors (Lipinski definition) is 3. The van der Waals surface area contributed by atoms with Crippen LogP contribution in [0.25, 0.3) is 54.5 Å². The molecule has 0 saturated heterocycles. The molecule has 0 aliphatic carbocycles. The minimum atomic E-state index is -0.337. The number of hydrogen-bond donors (Lipinski definition) is 1. The predicted molar refractivity (Wildman–Crippen MR) is 192 cm³/mol. The Morgan fingerprint density at radius 3 is 1.89 bits per heavy atom. The van der Waals surface area contributed by atoms with E-state index in [4.69, 9.17) is 4.98 Å². The molecule has 0 fully saturated rings. The fraction of sp³-hybridized carbons (Fsp3) is 0.286. The number of rotatable bonds is 8. The second-order valence-corrected chi connectivity index (χ2v) is 12.6. The molecular formula is C42H44IrNO2-. The molecule has 6 rings (SSSR count). The number of ketones is 1. The molecule has 0 unspecified atom stereocenters. The minimum absolute atomic E-state index is 0. The number of pyridine rings is 1. The van der Waals surface area contributed by atoms with Gasteiger partial charge in [-0.05, 0) is 42.5 Å². The summed E-state index contributed by atoms with van der Waals surface area (Å²) in [7, 11) is 0. The van der Waals surface area contributed by atoms with E-state index >= 15 is 0 Å². The van der Waals surface area contributed by atoms with Crippen molar-refractivity contribution in [3.05, 3.63) is 115 Å². The Balaban J connectivity index is 0.000000234. The van der Waals surface area contributed by atoms with Crippen LogP contribution < -0.4 is 0 Å². The first-order valence-corrected chi connectivity index (χ1v) is 16.2. The van der Waals surface area contributed by atoms with E-state index in [1.807, 2.05) is 41.5 Å². The Labute approximate surface area is 287 Å². The summed E-state index contributed by atoms with van der Waals surface area (Å²) in [6.45, 7) is 12.1. The molecule has 0 bridgehead atoms. The Morgan fingerprint density at radius 2 is 1.24 bits per heavy atom. The molecular weight excluding hydrogens is 743 g/mol. The summed E-state index contributed by atoms with van der Waals surface area (Å²) in [4.78, 5) is 17.2. The fourth-order valence-electron chi connectivity index (χ4n) is 5.88. The largest absolute Gasteiger partial charge is 0.512 e. The number of carbonyl (C=O) groups is 1. The molecule has 1 radical (unpaired) electrons. The van der Waals surface area contributed by atoms with Gasteiger partial charge in [-0.1, -0.05) is 148 Å². The quantitative estimate of drug-likeness (QED) is 0.0723. The number of aromatic nitrogens is 1. The van der Waals surface area contributed by atoms with Crippen molar-refractivity contribution in [1.82, 2.24) is 4.98 Å². The zero-order valence-corrected chi connectivity index (χ0v) is 30.2. The Hall–Kier alpha value is -3.85. The average molecular weight is 787 g/mol. The molecule has 5 aromatic carbocycles. The molecule has 0 saturated carbocycles. The minimum Gasteiger partial charge on any atom is -0.512 e. The summed E-state index contributed by atoms with van der Waals surface area (Å²) in [6.07, 6.45) is 4.75. The van der Waals surface area contributed by atoms with E-state index < -0.39 is 0 Å². The van der Waals surface area contributed by atoms with Gasteiger partial charge >= 0.3 is 0 Å². The van der Waals surface area contributed by atoms with Gasteiger partial charge in [-0.3, -0.25) is 9.78 Å². The third-order valence-electron chi connectivity index (χ3n) is 10.1. The van der Waals surface area contributed by atoms with Crippen molar-refractivity contribution in [2.75, 3.05) is 0 Å². The number of allylic oxidation sites excluding steroid dienone is 2. The molecule has 1 heterocycles. The van der Waals surface area contributed by atoms with Crippen LogP contribution in [-0.2, 0) is 24.9 Å². The van der Waals surface area contributed by atoms with Crippen LogP contribution in [0.4, 0.5) is 0 Å². The average Bonchev–Trinajstić information content (AvgIpc) is 3.10. The van der Waals surface area contributed by atoms with Gasteiger partial charge in [-0.15, -0.1) is 17.5 Å². The number of nitrogens with zero attached hydrogens (tertiary/aromatic N) is 1. The molecule has 0 amide bonds. The normalized spacial score (nSPS) is 12.2. The van der Waals surface area contributed by atoms with Gasteiger partial charge in [0, 0.05) is 48.1 Å². The van der Waals surface area contributed by atoms with E-state index in [-0.39, 0.29) is 42.5 Å². The zero-order chi connectivity index (χ0) is 32.2. The molecule has 46 heavy (non-hydrogen) atoms. The molecule has 0 atom stereocenters. The summed E-state index contributed by atoms with van der Waals surface area (Å²) >= 11 is 0. The zero-order valence-electron chi connectivity index (χ0n) is 27.8. The van der Waals surface area contributed by atoms with E-state index in [9.17, 15) is 9.90 Å². The maximum Gasteiger partial charge on any atom is 0.164 e. The number of aliphatic hydroxyl groups is 1.